The van der Waals surface area contributed by atoms with E-state index >= 15 is 0 Å². The molecule has 1 unspecified atom stereocenters. The first kappa shape index (κ1) is 13.8. The van der Waals surface area contributed by atoms with E-state index in [2.05, 4.69) is 34.0 Å². The molecule has 1 N–H and O–H groups in total. The van der Waals surface area contributed by atoms with Gasteiger partial charge < -0.3 is 10.2 Å². The van der Waals surface area contributed by atoms with Gasteiger partial charge in [0.2, 0.25) is 5.95 Å². The molecule has 1 saturated heterocycles. The number of anilines is 1. The number of nitrogens with one attached hydrogen (secondary N) is 1. The van der Waals surface area contributed by atoms with Crippen LogP contribution in [0.2, 0.25) is 0 Å². The van der Waals surface area contributed by atoms with Gasteiger partial charge in [0.25, 0.3) is 0 Å². The van der Waals surface area contributed by atoms with E-state index < -0.39 is 0 Å². The minimum atomic E-state index is 0.472. The largest absolute Gasteiger partial charge is 0.341 e. The standard InChI is InChI=1S/C16H26N4/c1-16(2)8-3-5-14(16)19-13-6-11-20(12-7-13)15-17-9-4-10-18-15/h4,9-10,13-14,19H,3,5-8,11-12H2,1-2H3. The number of rotatable bonds is 3. The molecule has 2 fully saturated rings. The zero-order chi connectivity index (χ0) is 14.0. The molecule has 0 bridgehead atoms. The van der Waals surface area contributed by atoms with Gasteiger partial charge in [0.1, 0.15) is 0 Å². The maximum Gasteiger partial charge on any atom is 0.225 e. The fourth-order valence-electron chi connectivity index (χ4n) is 3.62. The summed E-state index contributed by atoms with van der Waals surface area (Å²) in [6.45, 7) is 6.94. The Labute approximate surface area is 122 Å². The highest BCUT2D eigenvalue weighted by atomic mass is 15.3. The molecule has 1 atom stereocenters. The fraction of sp³-hybridized carbons (Fsp3) is 0.750. The van der Waals surface area contributed by atoms with Crippen LogP contribution in [-0.4, -0.2) is 35.1 Å². The molecule has 1 saturated carbocycles. The highest BCUT2D eigenvalue weighted by Gasteiger charge is 2.36. The molecule has 0 aromatic carbocycles. The quantitative estimate of drug-likeness (QED) is 0.920. The van der Waals surface area contributed by atoms with Gasteiger partial charge in [-0.3, -0.25) is 0 Å². The van der Waals surface area contributed by atoms with E-state index in [1.807, 2.05) is 18.5 Å². The second kappa shape index (κ2) is 5.68. The second-order valence-corrected chi connectivity index (χ2v) is 6.91. The minimum Gasteiger partial charge on any atom is -0.341 e. The lowest BCUT2D eigenvalue weighted by Gasteiger charge is -2.37. The van der Waals surface area contributed by atoms with Crippen LogP contribution < -0.4 is 10.2 Å². The zero-order valence-electron chi connectivity index (χ0n) is 12.7. The van der Waals surface area contributed by atoms with Gasteiger partial charge in [0.15, 0.2) is 0 Å². The van der Waals surface area contributed by atoms with Crippen molar-refractivity contribution < 1.29 is 0 Å². The third-order valence-corrected chi connectivity index (χ3v) is 5.02. The van der Waals surface area contributed by atoms with Crippen LogP contribution in [0, 0.1) is 5.41 Å². The van der Waals surface area contributed by atoms with Crippen molar-refractivity contribution in [1.29, 1.82) is 0 Å². The van der Waals surface area contributed by atoms with Crippen LogP contribution in [0.3, 0.4) is 0 Å². The van der Waals surface area contributed by atoms with Crippen molar-refractivity contribution in [1.82, 2.24) is 15.3 Å². The molecular weight excluding hydrogens is 248 g/mol. The Morgan fingerprint density at radius 3 is 2.45 bits per heavy atom. The van der Waals surface area contributed by atoms with Crippen molar-refractivity contribution >= 4 is 5.95 Å². The summed E-state index contributed by atoms with van der Waals surface area (Å²) in [6.07, 6.45) is 10.1. The maximum absolute atomic E-state index is 4.35. The van der Waals surface area contributed by atoms with Crippen molar-refractivity contribution in [2.75, 3.05) is 18.0 Å². The Morgan fingerprint density at radius 2 is 1.85 bits per heavy atom. The summed E-state index contributed by atoms with van der Waals surface area (Å²) >= 11 is 0. The number of piperidine rings is 1. The molecular formula is C16H26N4. The monoisotopic (exact) mass is 274 g/mol. The Bertz CT molecular complexity index is 423. The number of hydrogen-bond donors (Lipinski definition) is 1. The summed E-state index contributed by atoms with van der Waals surface area (Å²) in [5.74, 6) is 0.882. The SMILES string of the molecule is CC1(C)CCCC1NC1CCN(c2ncccn2)CC1. The van der Waals surface area contributed by atoms with E-state index in [9.17, 15) is 0 Å². The van der Waals surface area contributed by atoms with E-state index in [0.717, 1.165) is 19.0 Å². The average Bonchev–Trinajstić information content (AvgIpc) is 2.80. The maximum atomic E-state index is 4.35. The fourth-order valence-corrected chi connectivity index (χ4v) is 3.62. The van der Waals surface area contributed by atoms with Crippen LogP contribution in [0.5, 0.6) is 0 Å². The second-order valence-electron chi connectivity index (χ2n) is 6.91. The predicted molar refractivity (Wildman–Crippen MR) is 81.8 cm³/mol. The van der Waals surface area contributed by atoms with Crippen molar-refractivity contribution in [3.63, 3.8) is 0 Å². The first-order valence-electron chi connectivity index (χ1n) is 7.93. The van der Waals surface area contributed by atoms with Gasteiger partial charge in [-0.25, -0.2) is 9.97 Å². The van der Waals surface area contributed by atoms with Gasteiger partial charge in [-0.15, -0.1) is 0 Å². The van der Waals surface area contributed by atoms with Crippen LogP contribution in [0.25, 0.3) is 0 Å². The van der Waals surface area contributed by atoms with Gasteiger partial charge in [0.05, 0.1) is 0 Å². The number of hydrogen-bond acceptors (Lipinski definition) is 4. The molecule has 0 amide bonds. The number of nitrogens with zero attached hydrogens (tertiary/aromatic N) is 3. The first-order valence-corrected chi connectivity index (χ1v) is 7.93. The summed E-state index contributed by atoms with van der Waals surface area (Å²) in [7, 11) is 0. The number of aromatic nitrogens is 2. The van der Waals surface area contributed by atoms with E-state index in [1.165, 1.54) is 32.1 Å². The van der Waals surface area contributed by atoms with Crippen LogP contribution in [0.15, 0.2) is 18.5 Å². The van der Waals surface area contributed by atoms with Crippen LogP contribution >= 0.6 is 0 Å². The third kappa shape index (κ3) is 2.95. The minimum absolute atomic E-state index is 0.472. The highest BCUT2D eigenvalue weighted by molar-refractivity contribution is 5.29. The van der Waals surface area contributed by atoms with Crippen LogP contribution in [0.4, 0.5) is 5.95 Å². The van der Waals surface area contributed by atoms with Gasteiger partial charge in [-0.2, -0.15) is 0 Å². The Balaban J connectivity index is 1.52. The molecule has 2 aliphatic rings. The molecule has 110 valence electrons. The van der Waals surface area contributed by atoms with E-state index in [4.69, 9.17) is 0 Å². The lowest BCUT2D eigenvalue weighted by atomic mass is 9.86. The van der Waals surface area contributed by atoms with Gasteiger partial charge >= 0.3 is 0 Å². The van der Waals surface area contributed by atoms with Gasteiger partial charge in [-0.1, -0.05) is 20.3 Å². The van der Waals surface area contributed by atoms with Crippen molar-refractivity contribution in [2.24, 2.45) is 5.41 Å². The summed E-state index contributed by atoms with van der Waals surface area (Å²) in [5.41, 5.74) is 0.472. The molecule has 0 spiro atoms. The van der Waals surface area contributed by atoms with Crippen molar-refractivity contribution in [3.8, 4) is 0 Å². The van der Waals surface area contributed by atoms with Crippen molar-refractivity contribution in [2.45, 2.75) is 58.0 Å². The summed E-state index contributed by atoms with van der Waals surface area (Å²) in [5, 5.41) is 3.91. The predicted octanol–water partition coefficient (Wildman–Crippen LogP) is 2.61. The third-order valence-electron chi connectivity index (χ3n) is 5.02. The van der Waals surface area contributed by atoms with Gasteiger partial charge in [0, 0.05) is 37.6 Å². The van der Waals surface area contributed by atoms with Crippen LogP contribution in [0.1, 0.15) is 46.0 Å². The molecule has 2 heterocycles. The van der Waals surface area contributed by atoms with E-state index in [0.29, 0.717) is 17.5 Å². The van der Waals surface area contributed by atoms with Crippen molar-refractivity contribution in [3.05, 3.63) is 18.5 Å². The molecule has 3 rings (SSSR count). The summed E-state index contributed by atoms with van der Waals surface area (Å²) in [6, 6.07) is 3.24. The molecule has 0 radical (unpaired) electrons. The van der Waals surface area contributed by atoms with Crippen LogP contribution in [-0.2, 0) is 0 Å². The van der Waals surface area contributed by atoms with Gasteiger partial charge in [-0.05, 0) is 37.2 Å². The zero-order valence-corrected chi connectivity index (χ0v) is 12.7. The molecule has 4 nitrogen and oxygen atoms in total. The molecule has 4 heteroatoms. The molecule has 20 heavy (non-hydrogen) atoms. The lowest BCUT2D eigenvalue weighted by molar-refractivity contribution is 0.246. The molecule has 1 aliphatic heterocycles. The molecule has 1 aliphatic carbocycles. The normalized spacial score (nSPS) is 26.9. The van der Waals surface area contributed by atoms with E-state index in [1.54, 1.807) is 0 Å². The molecule has 1 aromatic heterocycles. The smallest absolute Gasteiger partial charge is 0.225 e. The lowest BCUT2D eigenvalue weighted by Crippen LogP contribution is -2.49. The summed E-state index contributed by atoms with van der Waals surface area (Å²) < 4.78 is 0. The topological polar surface area (TPSA) is 41.0 Å². The Morgan fingerprint density at radius 1 is 1.15 bits per heavy atom. The Kier molecular flexibility index (Phi) is 3.92. The van der Waals surface area contributed by atoms with E-state index in [-0.39, 0.29) is 0 Å². The average molecular weight is 274 g/mol. The Hall–Kier alpha value is -1.16. The molecule has 1 aromatic rings. The summed E-state index contributed by atoms with van der Waals surface area (Å²) in [4.78, 5) is 11.0. The highest BCUT2D eigenvalue weighted by Crippen LogP contribution is 2.37. The first-order chi connectivity index (χ1) is 9.65.